The summed E-state index contributed by atoms with van der Waals surface area (Å²) in [6.07, 6.45) is 2.03. The molecule has 0 bridgehead atoms. The van der Waals surface area contributed by atoms with Gasteiger partial charge in [0.2, 0.25) is 0 Å². The van der Waals surface area contributed by atoms with Crippen molar-refractivity contribution in [2.75, 3.05) is 78.8 Å². The number of urea groups is 1. The van der Waals surface area contributed by atoms with Gasteiger partial charge in [-0.2, -0.15) is 0 Å². The van der Waals surface area contributed by atoms with E-state index >= 15 is 0 Å². The highest BCUT2D eigenvalue weighted by molar-refractivity contribution is 8.77. The van der Waals surface area contributed by atoms with Crippen LogP contribution in [0.15, 0.2) is 0 Å². The lowest BCUT2D eigenvalue weighted by molar-refractivity contribution is 0.0497. The van der Waals surface area contributed by atoms with Crippen LogP contribution in [0.3, 0.4) is 0 Å². The molecule has 0 atom stereocenters. The molecule has 0 aromatic heterocycles. The van der Waals surface area contributed by atoms with Crippen molar-refractivity contribution in [1.29, 1.82) is 0 Å². The molecule has 216 valence electrons. The summed E-state index contributed by atoms with van der Waals surface area (Å²) in [5.74, 6) is 6.80. The summed E-state index contributed by atoms with van der Waals surface area (Å²) in [6.45, 7) is 13.5. The molecule has 0 heterocycles. The second-order valence-electron chi connectivity index (χ2n) is 8.92. The van der Waals surface area contributed by atoms with Gasteiger partial charge in [-0.05, 0) is 40.2 Å². The number of amides is 3. The summed E-state index contributed by atoms with van der Waals surface area (Å²) in [5.41, 5.74) is 0. The van der Waals surface area contributed by atoms with Crippen molar-refractivity contribution in [3.05, 3.63) is 0 Å². The predicted molar refractivity (Wildman–Crippen MR) is 153 cm³/mol. The monoisotopic (exact) mass is 564 g/mol. The van der Waals surface area contributed by atoms with Gasteiger partial charge in [-0.15, -0.1) is 0 Å². The van der Waals surface area contributed by atoms with Gasteiger partial charge in [-0.1, -0.05) is 47.3 Å². The molecular formula is C25H48N4O6S2. The maximum atomic E-state index is 11.8. The van der Waals surface area contributed by atoms with Crippen LogP contribution in [0.25, 0.3) is 0 Å². The molecule has 0 radical (unpaired) electrons. The Kier molecular flexibility index (Phi) is 24.0. The number of carbonyl (C=O) groups excluding carboxylic acids is 2. The fourth-order valence-electron chi connectivity index (χ4n) is 2.45. The highest BCUT2D eigenvalue weighted by Gasteiger charge is 2.19. The molecule has 4 N–H and O–H groups in total. The number of unbranched alkanes of at least 4 members (excludes halogenated alkanes) is 1. The standard InChI is InChI=1S/C25H48N4O6S2/c1-22(2)9-8-12-28-23(30)27-11-6-7-15-34-21-36-37-25(3,4)10-16-35-24(31)29-14-18-33-20-19-32-17-13-26-5/h22,26H,6-7,10-21H2,1-5H3,(H,29,31)(H2,27,28,30). The highest BCUT2D eigenvalue weighted by atomic mass is 33.1. The Morgan fingerprint density at radius 1 is 0.865 bits per heavy atom. The lowest BCUT2D eigenvalue weighted by atomic mass is 10.1. The Morgan fingerprint density at radius 3 is 2.30 bits per heavy atom. The number of likely N-dealkylation sites (N-methyl/N-ethyl adjacent to an activating group) is 1. The summed E-state index contributed by atoms with van der Waals surface area (Å²) in [4.78, 5) is 23.4. The topological polar surface area (TPSA) is 119 Å². The van der Waals surface area contributed by atoms with Crippen molar-refractivity contribution >= 4 is 33.7 Å². The highest BCUT2D eigenvalue weighted by Crippen LogP contribution is 2.37. The average molecular weight is 565 g/mol. The van der Waals surface area contributed by atoms with Gasteiger partial charge in [0.1, 0.15) is 5.94 Å². The Balaban J connectivity index is 3.54. The molecule has 0 saturated heterocycles. The largest absolute Gasteiger partial charge is 0.450 e. The van der Waals surface area contributed by atoms with Gasteiger partial charge in [0.15, 0.2) is 0 Å². The van der Waals surface area contributed by atoms with Crippen LogP contribution in [0.2, 0.25) is 0 Å². The van der Waals surface area contributed by atoms with E-state index in [4.69, 9.17) is 18.9 Å². The summed E-state index contributed by atoms with van der Waals surface area (Å²) in [6, 6.07) is -0.194. The number of alkyl carbamates (subject to hydrolysis) is 1. The third-order valence-electron chi connectivity index (χ3n) is 4.47. The van der Waals surface area contributed by atoms with E-state index in [9.17, 15) is 9.59 Å². The van der Waals surface area contributed by atoms with E-state index < -0.39 is 6.09 Å². The van der Waals surface area contributed by atoms with Gasteiger partial charge in [-0.3, -0.25) is 0 Å². The SMILES string of the molecule is CNCCOCCOCCNC(=O)OCCC(C)(C)SSCOCCCCNC(=O)NCC#CC(C)C. The van der Waals surface area contributed by atoms with Gasteiger partial charge in [0, 0.05) is 36.9 Å². The van der Waals surface area contributed by atoms with E-state index in [1.807, 2.05) is 20.9 Å². The zero-order valence-electron chi connectivity index (χ0n) is 23.2. The first-order valence-electron chi connectivity index (χ1n) is 12.9. The Bertz CT molecular complexity index is 644. The van der Waals surface area contributed by atoms with E-state index in [2.05, 4.69) is 47.0 Å². The molecule has 12 heteroatoms. The van der Waals surface area contributed by atoms with Gasteiger partial charge in [0.05, 0.1) is 39.6 Å². The third-order valence-corrected chi connectivity index (χ3v) is 7.50. The van der Waals surface area contributed by atoms with E-state index in [1.54, 1.807) is 21.6 Å². The number of carbonyl (C=O) groups is 2. The molecule has 0 rings (SSSR count). The van der Waals surface area contributed by atoms with Crippen molar-refractivity contribution in [3.8, 4) is 11.8 Å². The third kappa shape index (κ3) is 27.5. The predicted octanol–water partition coefficient (Wildman–Crippen LogP) is 3.23. The van der Waals surface area contributed by atoms with Crippen LogP contribution in [-0.2, 0) is 18.9 Å². The molecule has 0 aliphatic carbocycles. The van der Waals surface area contributed by atoms with E-state index in [-0.39, 0.29) is 10.8 Å². The lowest BCUT2D eigenvalue weighted by Crippen LogP contribution is -2.36. The molecule has 0 aliphatic rings. The van der Waals surface area contributed by atoms with E-state index in [0.29, 0.717) is 71.1 Å². The number of rotatable bonds is 22. The van der Waals surface area contributed by atoms with Crippen LogP contribution in [-0.4, -0.2) is 95.7 Å². The second kappa shape index (κ2) is 24.9. The first-order chi connectivity index (χ1) is 17.8. The van der Waals surface area contributed by atoms with Crippen molar-refractivity contribution < 1.29 is 28.5 Å². The Labute approximate surface area is 231 Å². The average Bonchev–Trinajstić information content (AvgIpc) is 2.84. The molecule has 0 spiro atoms. The first-order valence-corrected chi connectivity index (χ1v) is 15.2. The molecule has 0 fully saturated rings. The summed E-state index contributed by atoms with van der Waals surface area (Å²) in [5, 5.41) is 11.2. The molecule has 0 aromatic carbocycles. The maximum absolute atomic E-state index is 11.8. The zero-order chi connectivity index (χ0) is 27.6. The molecule has 0 aromatic rings. The zero-order valence-corrected chi connectivity index (χ0v) is 24.9. The van der Waals surface area contributed by atoms with Crippen LogP contribution in [0.5, 0.6) is 0 Å². The van der Waals surface area contributed by atoms with Crippen molar-refractivity contribution in [1.82, 2.24) is 21.3 Å². The van der Waals surface area contributed by atoms with Crippen LogP contribution in [0.1, 0.15) is 47.0 Å². The summed E-state index contributed by atoms with van der Waals surface area (Å²) >= 11 is 0. The van der Waals surface area contributed by atoms with Gasteiger partial charge in [0.25, 0.3) is 0 Å². The number of hydrogen-bond donors (Lipinski definition) is 4. The minimum Gasteiger partial charge on any atom is -0.450 e. The first kappa shape index (κ1) is 35.6. The molecule has 0 aliphatic heterocycles. The molecular weight excluding hydrogens is 516 g/mol. The smallest absolute Gasteiger partial charge is 0.407 e. The molecule has 37 heavy (non-hydrogen) atoms. The Hall–Kier alpha value is -1.36. The van der Waals surface area contributed by atoms with Crippen molar-refractivity contribution in [2.24, 2.45) is 5.92 Å². The van der Waals surface area contributed by atoms with Gasteiger partial charge in [-0.25, -0.2) is 9.59 Å². The summed E-state index contributed by atoms with van der Waals surface area (Å²) < 4.78 is 21.6. The Morgan fingerprint density at radius 2 is 1.59 bits per heavy atom. The number of nitrogens with one attached hydrogen (secondary N) is 4. The molecule has 0 saturated carbocycles. The van der Waals surface area contributed by atoms with Gasteiger partial charge >= 0.3 is 12.1 Å². The number of ether oxygens (including phenoxy) is 4. The van der Waals surface area contributed by atoms with Crippen LogP contribution in [0, 0.1) is 17.8 Å². The van der Waals surface area contributed by atoms with Crippen molar-refractivity contribution in [3.63, 3.8) is 0 Å². The van der Waals surface area contributed by atoms with Crippen LogP contribution >= 0.6 is 21.6 Å². The quantitative estimate of drug-likeness (QED) is 0.0680. The van der Waals surface area contributed by atoms with E-state index in [1.165, 1.54) is 0 Å². The van der Waals surface area contributed by atoms with Crippen LogP contribution < -0.4 is 21.3 Å². The lowest BCUT2D eigenvalue weighted by Gasteiger charge is -2.22. The van der Waals surface area contributed by atoms with E-state index in [0.717, 1.165) is 25.8 Å². The number of hydrogen-bond acceptors (Lipinski definition) is 9. The molecule has 3 amide bonds. The molecule has 0 unspecified atom stereocenters. The normalized spacial score (nSPS) is 11.1. The summed E-state index contributed by atoms with van der Waals surface area (Å²) in [7, 11) is 5.24. The maximum Gasteiger partial charge on any atom is 0.407 e. The fourth-order valence-corrected chi connectivity index (χ4v) is 4.73. The van der Waals surface area contributed by atoms with Gasteiger partial charge < -0.3 is 40.2 Å². The van der Waals surface area contributed by atoms with Crippen molar-refractivity contribution in [2.45, 2.75) is 51.7 Å². The minimum absolute atomic E-state index is 0.0540. The molecule has 10 nitrogen and oxygen atoms in total. The minimum atomic E-state index is -0.433. The van der Waals surface area contributed by atoms with Crippen LogP contribution in [0.4, 0.5) is 9.59 Å². The fraction of sp³-hybridized carbons (Fsp3) is 0.840. The second-order valence-corrected chi connectivity index (χ2v) is 11.9.